The number of rotatable bonds is 7. The van der Waals surface area contributed by atoms with Crippen LogP contribution < -0.4 is 16.0 Å². The Morgan fingerprint density at radius 2 is 1.80 bits per heavy atom. The van der Waals surface area contributed by atoms with Gasteiger partial charge >= 0.3 is 12.2 Å². The highest BCUT2D eigenvalue weighted by Gasteiger charge is 2.31. The molecule has 0 atom stereocenters. The first kappa shape index (κ1) is 28.2. The summed E-state index contributed by atoms with van der Waals surface area (Å²) in [6, 6.07) is 4.62. The molecule has 2 aromatic carbocycles. The van der Waals surface area contributed by atoms with Crippen molar-refractivity contribution in [2.24, 2.45) is 7.05 Å². The molecule has 1 aliphatic rings. The zero-order valence-electron chi connectivity index (χ0n) is 21.7. The number of ether oxygens (including phenoxy) is 1. The highest BCUT2D eigenvalue weighted by molar-refractivity contribution is 6.02. The van der Waals surface area contributed by atoms with Crippen LogP contribution in [0.5, 0.6) is 0 Å². The molecule has 0 saturated carbocycles. The van der Waals surface area contributed by atoms with Gasteiger partial charge < -0.3 is 20.7 Å². The molecule has 0 aliphatic carbocycles. The number of aromatic nitrogens is 4. The minimum atomic E-state index is -4.74. The summed E-state index contributed by atoms with van der Waals surface area (Å²) in [5, 5.41) is 12.4. The van der Waals surface area contributed by atoms with E-state index < -0.39 is 35.1 Å². The minimum absolute atomic E-state index is 0.0182. The first-order valence-corrected chi connectivity index (χ1v) is 12.6. The van der Waals surface area contributed by atoms with E-state index in [9.17, 15) is 22.4 Å². The smallest absolute Gasteiger partial charge is 0.379 e. The number of hydrogen-bond donors (Lipinski definition) is 3. The third kappa shape index (κ3) is 6.20. The van der Waals surface area contributed by atoms with Gasteiger partial charge in [-0.3, -0.25) is 4.90 Å². The predicted molar refractivity (Wildman–Crippen MR) is 141 cm³/mol. The molecule has 1 saturated heterocycles. The summed E-state index contributed by atoms with van der Waals surface area (Å²) < 4.78 is 75.7. The van der Waals surface area contributed by atoms with E-state index in [1.54, 1.807) is 7.05 Å². The van der Waals surface area contributed by atoms with Gasteiger partial charge in [-0.1, -0.05) is 6.07 Å². The third-order valence-electron chi connectivity index (χ3n) is 6.49. The van der Waals surface area contributed by atoms with Crippen molar-refractivity contribution in [2.45, 2.75) is 6.18 Å². The largest absolute Gasteiger partial charge is 0.416 e. The zero-order chi connectivity index (χ0) is 29.1. The number of urea groups is 1. The Labute approximate surface area is 230 Å². The quantitative estimate of drug-likeness (QED) is 0.274. The van der Waals surface area contributed by atoms with Gasteiger partial charge in [-0.15, -0.1) is 0 Å². The Kier molecular flexibility index (Phi) is 7.99. The maximum Gasteiger partial charge on any atom is 0.416 e. The third-order valence-corrected chi connectivity index (χ3v) is 6.49. The predicted octanol–water partition coefficient (Wildman–Crippen LogP) is 4.72. The van der Waals surface area contributed by atoms with Gasteiger partial charge in [0.2, 0.25) is 0 Å². The molecule has 1 fully saturated rings. The van der Waals surface area contributed by atoms with Gasteiger partial charge in [0.1, 0.15) is 23.7 Å². The topological polar surface area (TPSA) is 109 Å². The van der Waals surface area contributed by atoms with Crippen molar-refractivity contribution in [1.82, 2.24) is 24.6 Å². The number of halogens is 5. The number of aryl methyl sites for hydroxylation is 1. The Balaban J connectivity index is 1.38. The lowest BCUT2D eigenvalue weighted by atomic mass is 10.1. The van der Waals surface area contributed by atoms with E-state index in [-0.39, 0.29) is 16.9 Å². The van der Waals surface area contributed by atoms with E-state index in [0.717, 1.165) is 19.6 Å². The van der Waals surface area contributed by atoms with Crippen LogP contribution in [0.3, 0.4) is 0 Å². The Bertz CT molecular complexity index is 1570. The van der Waals surface area contributed by atoms with E-state index in [2.05, 4.69) is 30.6 Å². The van der Waals surface area contributed by atoms with Crippen LogP contribution in [-0.2, 0) is 18.0 Å². The highest BCUT2D eigenvalue weighted by Crippen LogP contribution is 2.35. The maximum atomic E-state index is 15.7. The number of carbonyl (C=O) groups excluding carboxylic acids is 1. The summed E-state index contributed by atoms with van der Waals surface area (Å²) in [4.78, 5) is 23.4. The van der Waals surface area contributed by atoms with Crippen molar-refractivity contribution in [3.63, 3.8) is 0 Å². The number of carbonyl (C=O) groups is 1. The monoisotopic (exact) mass is 576 g/mol. The molecule has 5 rings (SSSR count). The van der Waals surface area contributed by atoms with Crippen molar-refractivity contribution >= 4 is 34.3 Å². The van der Waals surface area contributed by atoms with Crippen LogP contribution in [0.4, 0.5) is 43.9 Å². The minimum Gasteiger partial charge on any atom is -0.379 e. The van der Waals surface area contributed by atoms with E-state index in [0.29, 0.717) is 54.8 Å². The zero-order valence-corrected chi connectivity index (χ0v) is 21.7. The van der Waals surface area contributed by atoms with Gasteiger partial charge in [0, 0.05) is 38.8 Å². The second-order valence-corrected chi connectivity index (χ2v) is 9.21. The average Bonchev–Trinajstić information content (AvgIpc) is 3.28. The summed E-state index contributed by atoms with van der Waals surface area (Å²) in [5.74, 6) is -1.51. The van der Waals surface area contributed by atoms with Crippen LogP contribution >= 0.6 is 0 Å². The molecule has 3 N–H and O–H groups in total. The van der Waals surface area contributed by atoms with Crippen molar-refractivity contribution in [2.75, 3.05) is 55.3 Å². The first-order chi connectivity index (χ1) is 19.6. The fraction of sp³-hybridized carbons (Fsp3) is 0.308. The van der Waals surface area contributed by atoms with Crippen molar-refractivity contribution in [3.8, 4) is 11.3 Å². The molecule has 1 aliphatic heterocycles. The summed E-state index contributed by atoms with van der Waals surface area (Å²) in [6.45, 7) is 4.26. The molecular weight excluding hydrogens is 551 g/mol. The summed E-state index contributed by atoms with van der Waals surface area (Å²) in [7, 11) is 1.65. The Morgan fingerprint density at radius 1 is 1.05 bits per heavy atom. The number of nitrogens with zero attached hydrogens (tertiary/aromatic N) is 5. The van der Waals surface area contributed by atoms with Gasteiger partial charge in [0.05, 0.1) is 35.5 Å². The van der Waals surface area contributed by atoms with Crippen molar-refractivity contribution in [1.29, 1.82) is 0 Å². The standard InChI is InChI=1S/C26H25F5N8O2/c1-38-24-20(23(33-14-34-24)32-7-8-39-9-11-41-12-10-39)22(37-38)16-3-2-4-18(21(16)28)35-25(40)36-19-13-15(26(29,30)31)5-6-17(19)27/h2-6,13-14H,7-12H2,1H3,(H,32,33,34)(H2,35,36,40). The Morgan fingerprint density at radius 3 is 2.56 bits per heavy atom. The number of alkyl halides is 3. The number of amides is 2. The molecule has 41 heavy (non-hydrogen) atoms. The molecule has 15 heteroatoms. The molecular formula is C26H25F5N8O2. The fourth-order valence-electron chi connectivity index (χ4n) is 4.45. The lowest BCUT2D eigenvalue weighted by Crippen LogP contribution is -2.39. The first-order valence-electron chi connectivity index (χ1n) is 12.6. The summed E-state index contributed by atoms with van der Waals surface area (Å²) in [6.07, 6.45) is -3.37. The molecule has 3 heterocycles. The molecule has 0 bridgehead atoms. The van der Waals surface area contributed by atoms with Crippen molar-refractivity contribution < 1.29 is 31.5 Å². The molecule has 10 nitrogen and oxygen atoms in total. The number of hydrogen-bond acceptors (Lipinski definition) is 7. The van der Waals surface area contributed by atoms with E-state index in [1.165, 1.54) is 29.2 Å². The molecule has 0 radical (unpaired) electrons. The number of anilines is 3. The van der Waals surface area contributed by atoms with Gasteiger partial charge in [0.25, 0.3) is 0 Å². The molecule has 0 unspecified atom stereocenters. The van der Waals surface area contributed by atoms with Gasteiger partial charge in [-0.2, -0.15) is 18.3 Å². The lowest BCUT2D eigenvalue weighted by Gasteiger charge is -2.26. The highest BCUT2D eigenvalue weighted by atomic mass is 19.4. The number of fused-ring (bicyclic) bond motifs is 1. The van der Waals surface area contributed by atoms with E-state index >= 15 is 4.39 Å². The molecule has 2 aromatic heterocycles. The number of nitrogens with one attached hydrogen (secondary N) is 3. The van der Waals surface area contributed by atoms with Crippen LogP contribution in [0.1, 0.15) is 5.56 Å². The van der Waals surface area contributed by atoms with Crippen LogP contribution in [0.25, 0.3) is 22.3 Å². The second kappa shape index (κ2) is 11.6. The van der Waals surface area contributed by atoms with Gasteiger partial charge in [-0.05, 0) is 30.3 Å². The number of benzene rings is 2. The molecule has 216 valence electrons. The average molecular weight is 577 g/mol. The van der Waals surface area contributed by atoms with Crippen LogP contribution in [0.2, 0.25) is 0 Å². The lowest BCUT2D eigenvalue weighted by molar-refractivity contribution is -0.137. The fourth-order valence-corrected chi connectivity index (χ4v) is 4.45. The van der Waals surface area contributed by atoms with Crippen LogP contribution in [-0.4, -0.2) is 70.1 Å². The summed E-state index contributed by atoms with van der Waals surface area (Å²) in [5.41, 5.74) is -1.49. The maximum absolute atomic E-state index is 15.7. The number of morpholine rings is 1. The Hall–Kier alpha value is -4.37. The SMILES string of the molecule is Cn1nc(-c2cccc(NC(=O)Nc3cc(C(F)(F)F)ccc3F)c2F)c2c(NCCN3CCOCC3)ncnc21. The van der Waals surface area contributed by atoms with Crippen molar-refractivity contribution in [3.05, 3.63) is 59.9 Å². The second-order valence-electron chi connectivity index (χ2n) is 9.21. The van der Waals surface area contributed by atoms with Gasteiger partial charge in [-0.25, -0.2) is 28.2 Å². The van der Waals surface area contributed by atoms with Crippen LogP contribution in [0.15, 0.2) is 42.7 Å². The summed E-state index contributed by atoms with van der Waals surface area (Å²) >= 11 is 0. The van der Waals surface area contributed by atoms with Crippen LogP contribution in [0, 0.1) is 11.6 Å². The molecule has 4 aromatic rings. The molecule has 0 spiro atoms. The van der Waals surface area contributed by atoms with Gasteiger partial charge in [0.15, 0.2) is 11.5 Å². The van der Waals surface area contributed by atoms with E-state index in [4.69, 9.17) is 4.74 Å². The van der Waals surface area contributed by atoms with E-state index in [1.807, 2.05) is 5.32 Å². The normalized spacial score (nSPS) is 14.3. The molecule has 2 amide bonds.